The van der Waals surface area contributed by atoms with E-state index in [1.165, 1.54) is 6.92 Å². The maximum Gasteiger partial charge on any atom is 0.336 e. The third-order valence-electron chi connectivity index (χ3n) is 3.41. The standard InChI is InChI=1S/C12H17N3O6/c1-7(16)2-13-10(17)14(3-8-5-20-8)12(19)15(11(13)18)4-9-6-21-9/h7-9,16H,2-6H2,1H3. The molecule has 0 amide bonds. The lowest BCUT2D eigenvalue weighted by molar-refractivity contribution is 0.166. The number of aliphatic hydroxyl groups excluding tert-OH is 1. The van der Waals surface area contributed by atoms with Gasteiger partial charge in [0, 0.05) is 0 Å². The number of ether oxygens (including phenoxy) is 2. The Morgan fingerprint density at radius 2 is 1.38 bits per heavy atom. The topological polar surface area (TPSA) is 111 Å². The predicted molar refractivity (Wildman–Crippen MR) is 70.4 cm³/mol. The molecule has 9 nitrogen and oxygen atoms in total. The summed E-state index contributed by atoms with van der Waals surface area (Å²) in [6.07, 6.45) is -1.21. The molecule has 0 saturated carbocycles. The minimum absolute atomic E-state index is 0.114. The van der Waals surface area contributed by atoms with Gasteiger partial charge in [-0.3, -0.25) is 0 Å². The number of hydrogen-bond acceptors (Lipinski definition) is 6. The largest absolute Gasteiger partial charge is 0.392 e. The zero-order chi connectivity index (χ0) is 15.1. The molecule has 2 aliphatic heterocycles. The Morgan fingerprint density at radius 1 is 1.00 bits per heavy atom. The second-order valence-corrected chi connectivity index (χ2v) is 5.44. The Hall–Kier alpha value is -1.71. The molecule has 1 aromatic heterocycles. The van der Waals surface area contributed by atoms with Crippen LogP contribution in [0.15, 0.2) is 14.4 Å². The van der Waals surface area contributed by atoms with Gasteiger partial charge in [-0.05, 0) is 6.92 Å². The highest BCUT2D eigenvalue weighted by atomic mass is 16.6. The van der Waals surface area contributed by atoms with Crippen LogP contribution in [0.1, 0.15) is 6.92 Å². The van der Waals surface area contributed by atoms with E-state index in [-0.39, 0.29) is 31.8 Å². The lowest BCUT2D eigenvalue weighted by Gasteiger charge is -2.13. The van der Waals surface area contributed by atoms with Crippen LogP contribution in [0.4, 0.5) is 0 Å². The highest BCUT2D eigenvalue weighted by Crippen LogP contribution is 2.10. The van der Waals surface area contributed by atoms with Gasteiger partial charge < -0.3 is 14.6 Å². The van der Waals surface area contributed by atoms with E-state index in [2.05, 4.69) is 0 Å². The quantitative estimate of drug-likeness (QED) is 0.574. The first-order valence-electron chi connectivity index (χ1n) is 6.83. The van der Waals surface area contributed by atoms with Gasteiger partial charge in [-0.1, -0.05) is 0 Å². The van der Waals surface area contributed by atoms with Crippen LogP contribution in [0.5, 0.6) is 0 Å². The smallest absolute Gasteiger partial charge is 0.336 e. The molecule has 3 rings (SSSR count). The number of rotatable bonds is 6. The Morgan fingerprint density at radius 3 is 1.71 bits per heavy atom. The second-order valence-electron chi connectivity index (χ2n) is 5.44. The van der Waals surface area contributed by atoms with E-state index in [0.717, 1.165) is 13.7 Å². The van der Waals surface area contributed by atoms with E-state index in [1.54, 1.807) is 0 Å². The van der Waals surface area contributed by atoms with Crippen LogP contribution in [-0.4, -0.2) is 50.3 Å². The maximum absolute atomic E-state index is 12.3. The van der Waals surface area contributed by atoms with Gasteiger partial charge in [-0.2, -0.15) is 0 Å². The summed E-state index contributed by atoms with van der Waals surface area (Å²) in [5, 5.41) is 9.45. The van der Waals surface area contributed by atoms with Gasteiger partial charge in [0.05, 0.1) is 51.2 Å². The average molecular weight is 299 g/mol. The molecular formula is C12H17N3O6. The number of aromatic nitrogens is 3. The Labute approximate surface area is 118 Å². The summed E-state index contributed by atoms with van der Waals surface area (Å²) in [7, 11) is 0. The lowest BCUT2D eigenvalue weighted by atomic mass is 10.4. The van der Waals surface area contributed by atoms with Crippen LogP contribution >= 0.6 is 0 Å². The fourth-order valence-corrected chi connectivity index (χ4v) is 2.17. The molecule has 1 N–H and O–H groups in total. The first kappa shape index (κ1) is 14.2. The SMILES string of the molecule is CC(O)Cn1c(=O)n(CC2CO2)c(=O)n(CC2CO2)c1=O. The van der Waals surface area contributed by atoms with Crippen molar-refractivity contribution < 1.29 is 14.6 Å². The summed E-state index contributed by atoms with van der Waals surface area (Å²) in [5.74, 6) is 0. The summed E-state index contributed by atoms with van der Waals surface area (Å²) >= 11 is 0. The molecule has 116 valence electrons. The highest BCUT2D eigenvalue weighted by Gasteiger charge is 2.29. The summed E-state index contributed by atoms with van der Waals surface area (Å²) in [5.41, 5.74) is -2.08. The van der Waals surface area contributed by atoms with E-state index in [0.29, 0.717) is 13.2 Å². The summed E-state index contributed by atoms with van der Waals surface area (Å²) in [4.78, 5) is 36.9. The molecule has 0 bridgehead atoms. The molecule has 2 fully saturated rings. The number of aliphatic hydroxyl groups is 1. The third-order valence-corrected chi connectivity index (χ3v) is 3.41. The third kappa shape index (κ3) is 2.99. The minimum atomic E-state index is -0.871. The molecule has 0 aromatic carbocycles. The van der Waals surface area contributed by atoms with Gasteiger partial charge in [-0.25, -0.2) is 28.1 Å². The number of nitrogens with zero attached hydrogens (tertiary/aromatic N) is 3. The first-order valence-corrected chi connectivity index (χ1v) is 6.83. The first-order chi connectivity index (χ1) is 9.97. The van der Waals surface area contributed by atoms with Crippen LogP contribution in [0.2, 0.25) is 0 Å². The van der Waals surface area contributed by atoms with Crippen molar-refractivity contribution in [2.24, 2.45) is 0 Å². The van der Waals surface area contributed by atoms with E-state index < -0.39 is 23.2 Å². The predicted octanol–water partition coefficient (Wildman–Crippen LogP) is -2.65. The summed E-state index contributed by atoms with van der Waals surface area (Å²) in [6, 6.07) is 0. The van der Waals surface area contributed by atoms with Crippen LogP contribution in [0.25, 0.3) is 0 Å². The minimum Gasteiger partial charge on any atom is -0.392 e. The number of epoxide rings is 2. The summed E-state index contributed by atoms with van der Waals surface area (Å²) in [6.45, 7) is 2.53. The normalized spacial score (nSPS) is 24.9. The molecule has 1 aromatic rings. The van der Waals surface area contributed by atoms with Crippen molar-refractivity contribution in [1.29, 1.82) is 0 Å². The second kappa shape index (κ2) is 5.24. The molecule has 3 heterocycles. The molecule has 9 heteroatoms. The van der Waals surface area contributed by atoms with Crippen molar-refractivity contribution in [3.63, 3.8) is 0 Å². The van der Waals surface area contributed by atoms with Crippen LogP contribution in [0.3, 0.4) is 0 Å². The van der Waals surface area contributed by atoms with Gasteiger partial charge in [-0.15, -0.1) is 0 Å². The zero-order valence-electron chi connectivity index (χ0n) is 11.6. The molecule has 3 unspecified atom stereocenters. The van der Waals surface area contributed by atoms with Gasteiger partial charge in [0.25, 0.3) is 0 Å². The van der Waals surface area contributed by atoms with Gasteiger partial charge in [0.2, 0.25) is 0 Å². The fraction of sp³-hybridized carbons (Fsp3) is 0.750. The molecule has 3 atom stereocenters. The molecule has 0 radical (unpaired) electrons. The molecule has 21 heavy (non-hydrogen) atoms. The summed E-state index contributed by atoms with van der Waals surface area (Å²) < 4.78 is 12.9. The van der Waals surface area contributed by atoms with E-state index in [4.69, 9.17) is 9.47 Å². The fourth-order valence-electron chi connectivity index (χ4n) is 2.17. The van der Waals surface area contributed by atoms with E-state index in [9.17, 15) is 19.5 Å². The van der Waals surface area contributed by atoms with Gasteiger partial charge >= 0.3 is 17.1 Å². The Bertz CT molecular complexity index is 591. The van der Waals surface area contributed by atoms with E-state index >= 15 is 0 Å². The highest BCUT2D eigenvalue weighted by molar-refractivity contribution is 4.84. The van der Waals surface area contributed by atoms with Crippen molar-refractivity contribution in [2.45, 2.75) is 44.9 Å². The Balaban J connectivity index is 2.10. The monoisotopic (exact) mass is 299 g/mol. The molecule has 0 spiro atoms. The van der Waals surface area contributed by atoms with Crippen LogP contribution < -0.4 is 17.1 Å². The van der Waals surface area contributed by atoms with Gasteiger partial charge in [0.15, 0.2) is 0 Å². The van der Waals surface area contributed by atoms with E-state index in [1.807, 2.05) is 0 Å². The van der Waals surface area contributed by atoms with Gasteiger partial charge in [0.1, 0.15) is 0 Å². The van der Waals surface area contributed by atoms with Crippen molar-refractivity contribution in [1.82, 2.24) is 13.7 Å². The molecule has 2 saturated heterocycles. The molecular weight excluding hydrogens is 282 g/mol. The van der Waals surface area contributed by atoms with Crippen molar-refractivity contribution in [3.8, 4) is 0 Å². The average Bonchev–Trinajstić information content (AvgIpc) is 3.30. The van der Waals surface area contributed by atoms with Crippen LogP contribution in [0, 0.1) is 0 Å². The number of hydrogen-bond donors (Lipinski definition) is 1. The lowest BCUT2D eigenvalue weighted by Crippen LogP contribution is -2.56. The van der Waals surface area contributed by atoms with Crippen molar-refractivity contribution >= 4 is 0 Å². The molecule has 0 aliphatic carbocycles. The zero-order valence-corrected chi connectivity index (χ0v) is 11.6. The van der Waals surface area contributed by atoms with Crippen molar-refractivity contribution in [2.75, 3.05) is 13.2 Å². The maximum atomic E-state index is 12.3. The van der Waals surface area contributed by atoms with Crippen molar-refractivity contribution in [3.05, 3.63) is 31.5 Å². The van der Waals surface area contributed by atoms with Crippen LogP contribution in [-0.2, 0) is 29.1 Å². The molecule has 2 aliphatic rings. The Kier molecular flexibility index (Phi) is 3.56.